The van der Waals surface area contributed by atoms with Gasteiger partial charge in [0, 0.05) is 39.3 Å². The summed E-state index contributed by atoms with van der Waals surface area (Å²) in [4.78, 5) is 5.17. The van der Waals surface area contributed by atoms with Gasteiger partial charge in [-0.3, -0.25) is 9.80 Å². The lowest BCUT2D eigenvalue weighted by atomic mass is 9.95. The van der Waals surface area contributed by atoms with E-state index < -0.39 is 0 Å². The number of benzene rings is 2. The number of likely N-dealkylation sites (tertiary alicyclic amines) is 1. The van der Waals surface area contributed by atoms with Gasteiger partial charge in [0.2, 0.25) is 0 Å². The van der Waals surface area contributed by atoms with Crippen molar-refractivity contribution in [3.05, 3.63) is 71.0 Å². The predicted octanol–water partition coefficient (Wildman–Crippen LogP) is 4.15. The van der Waals surface area contributed by atoms with Crippen molar-refractivity contribution in [3.8, 4) is 0 Å². The van der Waals surface area contributed by atoms with Gasteiger partial charge in [-0.1, -0.05) is 36.4 Å². The Balaban J connectivity index is 1.36. The maximum absolute atomic E-state index is 13.6. The van der Waals surface area contributed by atoms with Crippen molar-refractivity contribution in [2.45, 2.75) is 38.3 Å². The Hall–Kier alpha value is -1.75. The third-order valence-corrected chi connectivity index (χ3v) is 6.52. The number of hydrogen-bond donors (Lipinski definition) is 0. The van der Waals surface area contributed by atoms with Gasteiger partial charge in [0.25, 0.3) is 0 Å². The summed E-state index contributed by atoms with van der Waals surface area (Å²) in [6.07, 6.45) is 4.94. The zero-order valence-electron chi connectivity index (χ0n) is 17.5. The first-order valence-corrected chi connectivity index (χ1v) is 11.0. The Morgan fingerprint density at radius 1 is 1.10 bits per heavy atom. The van der Waals surface area contributed by atoms with Gasteiger partial charge < -0.3 is 4.74 Å². The number of halogens is 1. The van der Waals surface area contributed by atoms with Gasteiger partial charge in [-0.2, -0.15) is 0 Å². The molecule has 29 heavy (non-hydrogen) atoms. The minimum atomic E-state index is -0.154. The lowest BCUT2D eigenvalue weighted by Crippen LogP contribution is -2.46. The van der Waals surface area contributed by atoms with Crippen LogP contribution in [0.1, 0.15) is 29.5 Å². The summed E-state index contributed by atoms with van der Waals surface area (Å²) >= 11 is 0. The fourth-order valence-corrected chi connectivity index (χ4v) is 5.09. The molecule has 1 unspecified atom stereocenters. The van der Waals surface area contributed by atoms with Gasteiger partial charge in [0.05, 0.1) is 6.61 Å². The molecule has 0 spiro atoms. The van der Waals surface area contributed by atoms with Gasteiger partial charge in [-0.05, 0) is 67.0 Å². The summed E-state index contributed by atoms with van der Waals surface area (Å²) in [5.41, 5.74) is 4.11. The van der Waals surface area contributed by atoms with Gasteiger partial charge in [-0.25, -0.2) is 4.39 Å². The minimum Gasteiger partial charge on any atom is -0.383 e. The first kappa shape index (κ1) is 20.5. The Labute approximate surface area is 174 Å². The van der Waals surface area contributed by atoms with Crippen LogP contribution in [0.25, 0.3) is 0 Å². The van der Waals surface area contributed by atoms with E-state index in [2.05, 4.69) is 34.1 Å². The molecular weight excluding hydrogens is 363 g/mol. The molecule has 156 valence electrons. The molecule has 1 aliphatic carbocycles. The van der Waals surface area contributed by atoms with Crippen LogP contribution in [0.5, 0.6) is 0 Å². The Morgan fingerprint density at radius 2 is 1.90 bits per heavy atom. The van der Waals surface area contributed by atoms with Crippen LogP contribution in [-0.4, -0.2) is 55.7 Å². The van der Waals surface area contributed by atoms with Crippen molar-refractivity contribution < 1.29 is 9.13 Å². The maximum atomic E-state index is 13.6. The number of rotatable bonds is 8. The monoisotopic (exact) mass is 396 g/mol. The summed E-state index contributed by atoms with van der Waals surface area (Å²) in [6.45, 7) is 5.83. The average Bonchev–Trinajstić information content (AvgIpc) is 3.17. The van der Waals surface area contributed by atoms with Crippen LogP contribution in [0.2, 0.25) is 0 Å². The minimum absolute atomic E-state index is 0.154. The van der Waals surface area contributed by atoms with Crippen LogP contribution in [0.4, 0.5) is 4.39 Å². The van der Waals surface area contributed by atoms with Gasteiger partial charge in [-0.15, -0.1) is 0 Å². The number of methoxy groups -OCH3 is 1. The standard InChI is InChI=1S/C25H33FN2O/c1-29-13-12-27(17-20-6-4-10-24(26)14-20)18-21-7-5-11-28(19-21)25-15-22-8-2-3-9-23(22)16-25/h2-4,6,8-10,14,21,25H,5,7,11-13,15-19H2,1H3. The van der Waals surface area contributed by atoms with Crippen molar-refractivity contribution in [1.29, 1.82) is 0 Å². The lowest BCUT2D eigenvalue weighted by Gasteiger charge is -2.38. The molecule has 0 amide bonds. The van der Waals surface area contributed by atoms with Gasteiger partial charge in [0.1, 0.15) is 5.82 Å². The van der Waals surface area contributed by atoms with E-state index in [1.54, 1.807) is 19.2 Å². The highest BCUT2D eigenvalue weighted by molar-refractivity contribution is 5.33. The molecule has 4 rings (SSSR count). The predicted molar refractivity (Wildman–Crippen MR) is 115 cm³/mol. The number of ether oxygens (including phenoxy) is 1. The number of hydrogen-bond acceptors (Lipinski definition) is 3. The second kappa shape index (κ2) is 9.84. The highest BCUT2D eigenvalue weighted by atomic mass is 19.1. The lowest BCUT2D eigenvalue weighted by molar-refractivity contribution is 0.0843. The topological polar surface area (TPSA) is 15.7 Å². The number of piperidine rings is 1. The third-order valence-electron chi connectivity index (χ3n) is 6.52. The number of nitrogens with zero attached hydrogens (tertiary/aromatic N) is 2. The van der Waals surface area contributed by atoms with Crippen LogP contribution in [-0.2, 0) is 24.1 Å². The molecule has 0 aromatic heterocycles. The van der Waals surface area contributed by atoms with E-state index >= 15 is 0 Å². The molecule has 2 aliphatic rings. The summed E-state index contributed by atoms with van der Waals surface area (Å²) in [5, 5.41) is 0. The summed E-state index contributed by atoms with van der Waals surface area (Å²) in [5.74, 6) is 0.511. The molecule has 1 aliphatic heterocycles. The molecule has 1 atom stereocenters. The first-order valence-electron chi connectivity index (χ1n) is 11.0. The van der Waals surface area contributed by atoms with Crippen LogP contribution in [0, 0.1) is 11.7 Å². The summed E-state index contributed by atoms with van der Waals surface area (Å²) < 4.78 is 18.9. The zero-order chi connectivity index (χ0) is 20.1. The van der Waals surface area contributed by atoms with Crippen molar-refractivity contribution in [2.24, 2.45) is 5.92 Å². The second-order valence-corrected chi connectivity index (χ2v) is 8.69. The smallest absolute Gasteiger partial charge is 0.123 e. The molecule has 1 saturated heterocycles. The van der Waals surface area contributed by atoms with Crippen molar-refractivity contribution in [1.82, 2.24) is 9.80 Å². The highest BCUT2D eigenvalue weighted by Crippen LogP contribution is 2.29. The van der Waals surface area contributed by atoms with Crippen LogP contribution < -0.4 is 0 Å². The van der Waals surface area contributed by atoms with Crippen LogP contribution in [0.3, 0.4) is 0 Å². The zero-order valence-corrected chi connectivity index (χ0v) is 17.5. The SMILES string of the molecule is COCCN(Cc1cccc(F)c1)CC1CCCN(C2Cc3ccccc3C2)C1. The Kier molecular flexibility index (Phi) is 6.96. The van der Waals surface area contributed by atoms with E-state index in [1.807, 2.05) is 6.07 Å². The van der Waals surface area contributed by atoms with E-state index in [9.17, 15) is 4.39 Å². The molecule has 0 N–H and O–H groups in total. The van der Waals surface area contributed by atoms with Crippen molar-refractivity contribution in [3.63, 3.8) is 0 Å². The molecule has 0 saturated carbocycles. The highest BCUT2D eigenvalue weighted by Gasteiger charge is 2.30. The molecule has 4 heteroatoms. The molecule has 2 aromatic rings. The fraction of sp³-hybridized carbons (Fsp3) is 0.520. The van der Waals surface area contributed by atoms with Crippen molar-refractivity contribution >= 4 is 0 Å². The van der Waals surface area contributed by atoms with Crippen molar-refractivity contribution in [2.75, 3.05) is 39.9 Å². The summed E-state index contributed by atoms with van der Waals surface area (Å²) in [7, 11) is 1.75. The second-order valence-electron chi connectivity index (χ2n) is 8.69. The normalized spacial score (nSPS) is 20.3. The largest absolute Gasteiger partial charge is 0.383 e. The van der Waals surface area contributed by atoms with E-state index in [0.717, 1.165) is 25.2 Å². The van der Waals surface area contributed by atoms with E-state index in [4.69, 9.17) is 4.74 Å². The molecule has 0 bridgehead atoms. The van der Waals surface area contributed by atoms with E-state index in [1.165, 1.54) is 56.0 Å². The third kappa shape index (κ3) is 5.44. The van der Waals surface area contributed by atoms with Gasteiger partial charge >= 0.3 is 0 Å². The Morgan fingerprint density at radius 3 is 2.62 bits per heavy atom. The average molecular weight is 397 g/mol. The number of fused-ring (bicyclic) bond motifs is 1. The van der Waals surface area contributed by atoms with Crippen LogP contribution in [0.15, 0.2) is 48.5 Å². The first-order chi connectivity index (χ1) is 14.2. The molecule has 1 heterocycles. The molecule has 1 fully saturated rings. The van der Waals surface area contributed by atoms with E-state index in [-0.39, 0.29) is 5.82 Å². The fourth-order valence-electron chi connectivity index (χ4n) is 5.09. The van der Waals surface area contributed by atoms with E-state index in [0.29, 0.717) is 18.6 Å². The molecule has 0 radical (unpaired) electrons. The Bertz CT molecular complexity index is 771. The maximum Gasteiger partial charge on any atom is 0.123 e. The molecule has 3 nitrogen and oxygen atoms in total. The summed E-state index contributed by atoms with van der Waals surface area (Å²) in [6, 6.07) is 16.6. The van der Waals surface area contributed by atoms with Crippen LogP contribution >= 0.6 is 0 Å². The van der Waals surface area contributed by atoms with Gasteiger partial charge in [0.15, 0.2) is 0 Å². The molecule has 2 aromatic carbocycles. The molecular formula is C25H33FN2O. The quantitative estimate of drug-likeness (QED) is 0.667.